The molecule has 0 spiro atoms. The van der Waals surface area contributed by atoms with Gasteiger partial charge in [0.15, 0.2) is 11.5 Å². The molecule has 0 aromatic heterocycles. The lowest BCUT2D eigenvalue weighted by Gasteiger charge is -2.13. The topological polar surface area (TPSA) is 66.8 Å². The number of imide groups is 1. The molecule has 5 nitrogen and oxygen atoms in total. The zero-order valence-electron chi connectivity index (χ0n) is 13.8. The minimum Gasteiger partial charge on any atom is -0.503 e. The maximum Gasteiger partial charge on any atom is 0.293 e. The van der Waals surface area contributed by atoms with Crippen LogP contribution in [-0.2, 0) is 11.3 Å². The van der Waals surface area contributed by atoms with Gasteiger partial charge in [0.2, 0.25) is 0 Å². The number of ether oxygens (including phenoxy) is 1. The Morgan fingerprint density at radius 3 is 2.67 bits per heavy atom. The molecule has 2 amide bonds. The number of methoxy groups -OCH3 is 1. The highest BCUT2D eigenvalue weighted by atomic mass is 79.9. The number of hydrogen-bond donors (Lipinski definition) is 1. The number of carbonyl (C=O) groups is 2. The molecule has 1 N–H and O–H groups in total. The third kappa shape index (κ3) is 4.27. The molecule has 0 radical (unpaired) electrons. The Bertz CT molecular complexity index is 980. The van der Waals surface area contributed by atoms with E-state index in [9.17, 15) is 14.7 Å². The van der Waals surface area contributed by atoms with Crippen molar-refractivity contribution in [2.75, 3.05) is 7.11 Å². The van der Waals surface area contributed by atoms with Crippen LogP contribution in [0.25, 0.3) is 6.08 Å². The van der Waals surface area contributed by atoms with Gasteiger partial charge in [0.1, 0.15) is 0 Å². The summed E-state index contributed by atoms with van der Waals surface area (Å²) >= 11 is 16.1. The Balaban J connectivity index is 1.87. The lowest BCUT2D eigenvalue weighted by Crippen LogP contribution is -2.27. The van der Waals surface area contributed by atoms with Crippen LogP contribution in [0.15, 0.2) is 39.7 Å². The average molecular weight is 489 g/mol. The van der Waals surface area contributed by atoms with E-state index in [-0.39, 0.29) is 28.2 Å². The van der Waals surface area contributed by atoms with Crippen molar-refractivity contribution < 1.29 is 19.4 Å². The number of amides is 2. The van der Waals surface area contributed by atoms with Gasteiger partial charge < -0.3 is 9.84 Å². The largest absolute Gasteiger partial charge is 0.503 e. The van der Waals surface area contributed by atoms with Crippen LogP contribution in [0.3, 0.4) is 0 Å². The van der Waals surface area contributed by atoms with Crippen molar-refractivity contribution in [1.29, 1.82) is 0 Å². The maximum absolute atomic E-state index is 12.7. The van der Waals surface area contributed by atoms with Crippen molar-refractivity contribution >= 4 is 68.1 Å². The summed E-state index contributed by atoms with van der Waals surface area (Å²) in [5.41, 5.74) is 1.23. The van der Waals surface area contributed by atoms with Crippen molar-refractivity contribution in [3.05, 3.63) is 60.9 Å². The fourth-order valence-corrected chi connectivity index (χ4v) is 4.21. The summed E-state index contributed by atoms with van der Waals surface area (Å²) in [6.07, 6.45) is 1.57. The number of nitrogens with zero attached hydrogens (tertiary/aromatic N) is 1. The summed E-state index contributed by atoms with van der Waals surface area (Å²) in [6.45, 7) is 0.0562. The first-order chi connectivity index (χ1) is 12.8. The fraction of sp³-hybridized carbons (Fsp3) is 0.111. The van der Waals surface area contributed by atoms with E-state index < -0.39 is 5.91 Å². The first-order valence-corrected chi connectivity index (χ1v) is 9.92. The number of thioether (sulfide) groups is 1. The highest BCUT2D eigenvalue weighted by Gasteiger charge is 2.35. The smallest absolute Gasteiger partial charge is 0.293 e. The molecule has 2 aromatic carbocycles. The summed E-state index contributed by atoms with van der Waals surface area (Å²) in [5.74, 6) is -0.206. The molecule has 27 heavy (non-hydrogen) atoms. The quantitative estimate of drug-likeness (QED) is 0.558. The van der Waals surface area contributed by atoms with E-state index >= 15 is 0 Å². The molecule has 0 aliphatic carbocycles. The highest BCUT2D eigenvalue weighted by molar-refractivity contribution is 9.10. The number of halogens is 3. The van der Waals surface area contributed by atoms with E-state index in [0.29, 0.717) is 25.6 Å². The lowest BCUT2D eigenvalue weighted by atomic mass is 10.1. The molecular formula is C18H12BrCl2NO4S. The normalized spacial score (nSPS) is 15.7. The van der Waals surface area contributed by atoms with E-state index in [2.05, 4.69) is 15.9 Å². The SMILES string of the molecule is COc1cc(/C=C2/SC(=O)N(Cc3ccc(Cl)cc3Cl)C2=O)cc(Br)c1O. The predicted molar refractivity (Wildman–Crippen MR) is 110 cm³/mol. The van der Waals surface area contributed by atoms with Gasteiger partial charge in [0.25, 0.3) is 11.1 Å². The van der Waals surface area contributed by atoms with Crippen molar-refractivity contribution in [2.45, 2.75) is 6.54 Å². The van der Waals surface area contributed by atoms with E-state index in [1.165, 1.54) is 7.11 Å². The minimum absolute atomic E-state index is 0.0415. The van der Waals surface area contributed by atoms with Crippen LogP contribution in [0.4, 0.5) is 4.79 Å². The second-order valence-electron chi connectivity index (χ2n) is 5.56. The van der Waals surface area contributed by atoms with Gasteiger partial charge >= 0.3 is 0 Å². The average Bonchev–Trinajstić information content (AvgIpc) is 2.87. The molecule has 0 saturated carbocycles. The van der Waals surface area contributed by atoms with Crippen molar-refractivity contribution in [3.63, 3.8) is 0 Å². The number of aromatic hydroxyl groups is 1. The van der Waals surface area contributed by atoms with Crippen LogP contribution in [0.1, 0.15) is 11.1 Å². The molecule has 0 atom stereocenters. The van der Waals surface area contributed by atoms with E-state index in [4.69, 9.17) is 27.9 Å². The standard InChI is InChI=1S/C18H12BrCl2NO4S/c1-26-14-5-9(4-12(19)16(14)23)6-15-17(24)22(18(25)27-15)8-10-2-3-11(20)7-13(10)21/h2-7,23H,8H2,1H3/b15-6+. The molecule has 0 unspecified atom stereocenters. The highest BCUT2D eigenvalue weighted by Crippen LogP contribution is 2.38. The Morgan fingerprint density at radius 1 is 1.26 bits per heavy atom. The van der Waals surface area contributed by atoms with Gasteiger partial charge in [0, 0.05) is 10.0 Å². The van der Waals surface area contributed by atoms with E-state index in [1.54, 1.807) is 36.4 Å². The Morgan fingerprint density at radius 2 is 2.00 bits per heavy atom. The van der Waals surface area contributed by atoms with Crippen LogP contribution < -0.4 is 4.74 Å². The van der Waals surface area contributed by atoms with Gasteiger partial charge in [0.05, 0.1) is 23.0 Å². The van der Waals surface area contributed by atoms with Gasteiger partial charge in [-0.2, -0.15) is 0 Å². The molecule has 2 aromatic rings. The van der Waals surface area contributed by atoms with Crippen LogP contribution >= 0.6 is 50.9 Å². The fourth-order valence-electron chi connectivity index (χ4n) is 2.44. The molecule has 1 aliphatic rings. The third-order valence-corrected chi connectivity index (χ3v) is 5.88. The maximum atomic E-state index is 12.7. The number of benzene rings is 2. The van der Waals surface area contributed by atoms with Gasteiger partial charge in [-0.3, -0.25) is 14.5 Å². The molecule has 140 valence electrons. The summed E-state index contributed by atoms with van der Waals surface area (Å²) in [7, 11) is 1.43. The molecule has 1 fully saturated rings. The molecule has 9 heteroatoms. The van der Waals surface area contributed by atoms with Crippen LogP contribution in [0.2, 0.25) is 10.0 Å². The van der Waals surface area contributed by atoms with Gasteiger partial charge in [-0.25, -0.2) is 0 Å². The molecule has 1 saturated heterocycles. The number of phenolic OH excluding ortho intramolecular Hbond substituents is 1. The number of carbonyl (C=O) groups excluding carboxylic acids is 2. The molecule has 1 aliphatic heterocycles. The summed E-state index contributed by atoms with van der Waals surface area (Å²) in [5, 5.41) is 10.4. The Kier molecular flexibility index (Phi) is 6.05. The molecule has 0 bridgehead atoms. The third-order valence-electron chi connectivity index (χ3n) is 3.79. The second-order valence-corrected chi connectivity index (χ2v) is 8.25. The summed E-state index contributed by atoms with van der Waals surface area (Å²) in [4.78, 5) is 26.4. The van der Waals surface area contributed by atoms with Gasteiger partial charge in [-0.1, -0.05) is 29.3 Å². The number of phenols is 1. The minimum atomic E-state index is -0.417. The molecular weight excluding hydrogens is 477 g/mol. The molecule has 3 rings (SSSR count). The zero-order valence-corrected chi connectivity index (χ0v) is 17.7. The Hall–Kier alpha value is -1.67. The lowest BCUT2D eigenvalue weighted by molar-refractivity contribution is -0.123. The summed E-state index contributed by atoms with van der Waals surface area (Å²) < 4.78 is 5.51. The van der Waals surface area contributed by atoms with E-state index in [1.807, 2.05) is 0 Å². The Labute approximate surface area is 178 Å². The predicted octanol–water partition coefficient (Wildman–Crippen LogP) is 5.71. The van der Waals surface area contributed by atoms with E-state index in [0.717, 1.165) is 16.7 Å². The van der Waals surface area contributed by atoms with Gasteiger partial charge in [-0.15, -0.1) is 0 Å². The zero-order chi connectivity index (χ0) is 19.7. The monoisotopic (exact) mass is 487 g/mol. The van der Waals surface area contributed by atoms with Crippen molar-refractivity contribution in [1.82, 2.24) is 4.90 Å². The van der Waals surface area contributed by atoms with Crippen molar-refractivity contribution in [2.24, 2.45) is 0 Å². The van der Waals surface area contributed by atoms with Crippen LogP contribution in [0, 0.1) is 0 Å². The van der Waals surface area contributed by atoms with Crippen LogP contribution in [0.5, 0.6) is 11.5 Å². The number of hydrogen-bond acceptors (Lipinski definition) is 5. The first-order valence-electron chi connectivity index (χ1n) is 7.56. The van der Waals surface area contributed by atoms with Crippen molar-refractivity contribution in [3.8, 4) is 11.5 Å². The first kappa shape index (κ1) is 20.1. The number of rotatable bonds is 4. The second kappa shape index (κ2) is 8.14. The van der Waals surface area contributed by atoms with Gasteiger partial charge in [-0.05, 0) is 69.2 Å². The van der Waals surface area contributed by atoms with Crippen LogP contribution in [-0.4, -0.2) is 28.3 Å². The molecule has 1 heterocycles. The summed E-state index contributed by atoms with van der Waals surface area (Å²) in [6, 6.07) is 8.09.